The van der Waals surface area contributed by atoms with Crippen LogP contribution in [0.15, 0.2) is 0 Å². The van der Waals surface area contributed by atoms with Gasteiger partial charge >= 0.3 is 0 Å². The third-order valence-corrected chi connectivity index (χ3v) is 1.89. The Hall–Kier alpha value is -0.120. The van der Waals surface area contributed by atoms with E-state index in [1.807, 2.05) is 0 Å². The predicted octanol–water partition coefficient (Wildman–Crippen LogP) is 0.0706. The molecule has 1 N–H and O–H groups in total. The Morgan fingerprint density at radius 1 is 1.25 bits per heavy atom. The minimum Gasteiger partial charge on any atom is -0.379 e. The van der Waals surface area contributed by atoms with Crippen LogP contribution in [0.5, 0.6) is 0 Å². The highest BCUT2D eigenvalue weighted by Crippen LogP contribution is 2.12. The summed E-state index contributed by atoms with van der Waals surface area (Å²) in [4.78, 5) is 0.931. The highest BCUT2D eigenvalue weighted by Gasteiger charge is 2.21. The van der Waals surface area contributed by atoms with Crippen LogP contribution < -0.4 is 5.32 Å². The second-order valence-corrected chi connectivity index (χ2v) is 2.72. The molecule has 0 saturated carbocycles. The zero-order valence-corrected chi connectivity index (χ0v) is 6.76. The van der Waals surface area contributed by atoms with Gasteiger partial charge in [-0.25, -0.2) is 0 Å². The lowest BCUT2D eigenvalue weighted by molar-refractivity contribution is 0.0101. The first-order chi connectivity index (χ1) is 8.85. The van der Waals surface area contributed by atoms with Crippen LogP contribution in [-0.4, -0.2) is 50.1 Å². The molecule has 2 aliphatic heterocycles. The van der Waals surface area contributed by atoms with Gasteiger partial charge in [0, 0.05) is 30.0 Å². The molecule has 3 nitrogen and oxygen atoms in total. The maximum absolute atomic E-state index is 7.90. The van der Waals surface area contributed by atoms with Gasteiger partial charge in [-0.2, -0.15) is 0 Å². The van der Waals surface area contributed by atoms with E-state index in [2.05, 4.69) is 5.32 Å². The average molecular weight is 178 g/mol. The monoisotopic (exact) mass is 178 g/mol. The fourth-order valence-corrected chi connectivity index (χ4v) is 1.25. The number of hydrogen-bond acceptors (Lipinski definition) is 3. The minimum absolute atomic E-state index is 0.189. The van der Waals surface area contributed by atoms with Crippen LogP contribution in [0.3, 0.4) is 0 Å². The number of morpholine rings is 1. The lowest BCUT2D eigenvalue weighted by Gasteiger charge is -2.36. The highest BCUT2D eigenvalue weighted by molar-refractivity contribution is 4.78. The highest BCUT2D eigenvalue weighted by atomic mass is 16.5. The molecule has 0 radical (unpaired) electrons. The number of nitrogens with one attached hydrogen (secondary N) is 1. The molecule has 3 heteroatoms. The molecule has 2 saturated heterocycles. The Balaban J connectivity index is 2.32. The Labute approximate surface area is 85.3 Å². The van der Waals surface area contributed by atoms with Crippen molar-refractivity contribution in [2.24, 2.45) is 0 Å². The van der Waals surface area contributed by atoms with Crippen molar-refractivity contribution in [2.75, 3.05) is 39.2 Å². The molecule has 2 fully saturated rings. The topological polar surface area (TPSA) is 24.5 Å². The lowest BCUT2D eigenvalue weighted by Crippen LogP contribution is -2.47. The van der Waals surface area contributed by atoms with Gasteiger partial charge in [0.2, 0.25) is 0 Å². The molecule has 0 aliphatic carbocycles. The summed E-state index contributed by atoms with van der Waals surface area (Å²) < 4.78 is 67.3. The summed E-state index contributed by atoms with van der Waals surface area (Å²) in [6, 6.07) is -0.893. The molecule has 0 aromatic heterocycles. The van der Waals surface area contributed by atoms with Gasteiger partial charge in [0.05, 0.1) is 13.2 Å². The smallest absolute Gasteiger partial charge is 0.0594 e. The van der Waals surface area contributed by atoms with E-state index >= 15 is 0 Å². The second kappa shape index (κ2) is 4.21. The van der Waals surface area contributed by atoms with Gasteiger partial charge in [0.1, 0.15) is 0 Å². The van der Waals surface area contributed by atoms with Crippen LogP contribution >= 0.6 is 0 Å². The molecule has 0 atom stereocenters. The van der Waals surface area contributed by atoms with E-state index in [1.54, 1.807) is 0 Å². The Bertz CT molecular complexity index is 356. The summed E-state index contributed by atoms with van der Waals surface area (Å²) in [5.41, 5.74) is 0. The first kappa shape index (κ1) is 3.23. The van der Waals surface area contributed by atoms with Crippen molar-refractivity contribution < 1.29 is 15.7 Å². The van der Waals surface area contributed by atoms with Crippen LogP contribution in [0, 0.1) is 0 Å². The van der Waals surface area contributed by atoms with Crippen molar-refractivity contribution in [3.63, 3.8) is 0 Å². The molecule has 0 aromatic rings. The third-order valence-electron chi connectivity index (χ3n) is 1.89. The van der Waals surface area contributed by atoms with E-state index < -0.39 is 32.0 Å². The fourth-order valence-electron chi connectivity index (χ4n) is 1.25. The van der Waals surface area contributed by atoms with Crippen molar-refractivity contribution in [2.45, 2.75) is 18.9 Å². The maximum Gasteiger partial charge on any atom is 0.0594 e. The summed E-state index contributed by atoms with van der Waals surface area (Å²) >= 11 is 0. The largest absolute Gasteiger partial charge is 0.379 e. The van der Waals surface area contributed by atoms with Gasteiger partial charge in [-0.3, -0.25) is 4.90 Å². The fraction of sp³-hybridized carbons (Fsp3) is 1.00. The number of piperidine rings is 1. The summed E-state index contributed by atoms with van der Waals surface area (Å²) in [7, 11) is 0. The van der Waals surface area contributed by atoms with Gasteiger partial charge in [-0.15, -0.1) is 0 Å². The molecule has 12 heavy (non-hydrogen) atoms. The van der Waals surface area contributed by atoms with Crippen molar-refractivity contribution in [1.82, 2.24) is 10.2 Å². The summed E-state index contributed by atoms with van der Waals surface area (Å²) in [5, 5.41) is 2.22. The standard InChI is InChI=1S/C9H18N2O/c1-3-10-4-2-9(1)11-5-7-12-8-6-11/h9-10H,1-8H2/i3D2,4D2,5D2,6D2. The zero-order valence-electron chi connectivity index (χ0n) is 14.8. The quantitative estimate of drug-likeness (QED) is 0.615. The van der Waals surface area contributed by atoms with Crippen LogP contribution in [-0.2, 0) is 4.74 Å². The van der Waals surface area contributed by atoms with E-state index in [0.29, 0.717) is 0 Å². The van der Waals surface area contributed by atoms with Gasteiger partial charge in [-0.1, -0.05) is 0 Å². The predicted molar refractivity (Wildman–Crippen MR) is 48.3 cm³/mol. The van der Waals surface area contributed by atoms with E-state index in [-0.39, 0.29) is 26.1 Å². The molecule has 70 valence electrons. The van der Waals surface area contributed by atoms with Gasteiger partial charge in [0.25, 0.3) is 0 Å². The maximum atomic E-state index is 7.90. The van der Waals surface area contributed by atoms with E-state index in [4.69, 9.17) is 15.7 Å². The first-order valence-corrected chi connectivity index (χ1v) is 4.01. The number of ether oxygens (including phenoxy) is 1. The van der Waals surface area contributed by atoms with Crippen molar-refractivity contribution >= 4 is 0 Å². The molecular formula is C9H18N2O. The average Bonchev–Trinajstić information content (AvgIpc) is 2.07. The molecule has 0 unspecified atom stereocenters. The second-order valence-electron chi connectivity index (χ2n) is 2.72. The molecule has 0 bridgehead atoms. The van der Waals surface area contributed by atoms with Gasteiger partial charge in [-0.05, 0) is 25.8 Å². The van der Waals surface area contributed by atoms with Crippen molar-refractivity contribution in [3.05, 3.63) is 0 Å². The van der Waals surface area contributed by atoms with Crippen LogP contribution in [0.25, 0.3) is 0 Å². The first-order valence-electron chi connectivity index (χ1n) is 8.01. The summed E-state index contributed by atoms with van der Waals surface area (Å²) in [5.74, 6) is 0. The molecule has 2 heterocycles. The molecule has 0 spiro atoms. The summed E-state index contributed by atoms with van der Waals surface area (Å²) in [6.07, 6.45) is -0.378. The molecule has 2 rings (SSSR count). The third kappa shape index (κ3) is 1.97. The van der Waals surface area contributed by atoms with E-state index in [9.17, 15) is 0 Å². The van der Waals surface area contributed by atoms with Crippen molar-refractivity contribution in [3.8, 4) is 0 Å². The lowest BCUT2D eigenvalue weighted by atomic mass is 10.0. The Morgan fingerprint density at radius 3 is 2.58 bits per heavy atom. The number of nitrogens with zero attached hydrogens (tertiary/aromatic N) is 1. The Kier molecular flexibility index (Phi) is 1.13. The van der Waals surface area contributed by atoms with Crippen molar-refractivity contribution in [1.29, 1.82) is 0 Å². The summed E-state index contributed by atoms with van der Waals surface area (Å²) in [6.45, 7) is -8.87. The molecule has 0 amide bonds. The number of hydrogen-bond donors (Lipinski definition) is 1. The normalized spacial score (nSPS) is 55.7. The SMILES string of the molecule is [2H]C1([2H])CC(N2C([2H])([2H])COCC2([2H])[2H])CC([2H])([2H])N1. The molecule has 0 aromatic carbocycles. The minimum atomic E-state index is -2.10. The molecular weight excluding hydrogens is 152 g/mol. The van der Waals surface area contributed by atoms with Gasteiger partial charge in [0.15, 0.2) is 0 Å². The van der Waals surface area contributed by atoms with E-state index in [0.717, 1.165) is 4.90 Å². The van der Waals surface area contributed by atoms with Crippen LogP contribution in [0.2, 0.25) is 0 Å². The zero-order chi connectivity index (χ0) is 15.4. The van der Waals surface area contributed by atoms with Gasteiger partial charge < -0.3 is 10.1 Å². The van der Waals surface area contributed by atoms with Crippen LogP contribution in [0.4, 0.5) is 0 Å². The number of rotatable bonds is 1. The van der Waals surface area contributed by atoms with E-state index in [1.165, 1.54) is 0 Å². The molecule has 2 aliphatic rings. The van der Waals surface area contributed by atoms with Crippen LogP contribution in [0.1, 0.15) is 23.8 Å². The Morgan fingerprint density at radius 2 is 1.92 bits per heavy atom.